The van der Waals surface area contributed by atoms with Crippen molar-refractivity contribution in [3.63, 3.8) is 0 Å². The Kier molecular flexibility index (Phi) is 6.04. The maximum atomic E-state index is 15.0. The summed E-state index contributed by atoms with van der Waals surface area (Å²) >= 11 is 0. The zero-order valence-corrected chi connectivity index (χ0v) is 23.3. The zero-order chi connectivity index (χ0) is 28.2. The monoisotopic (exact) mass is 525 g/mol. The van der Waals surface area contributed by atoms with Crippen molar-refractivity contribution in [3.05, 3.63) is 114 Å². The molecule has 0 N–H and O–H groups in total. The SMILES string of the molecule is Cc1ccc2c(oc3c(C#N)c(-c4ccc(-c5ccccc5)cc4)ccc32)c1-c1cc(C(C)(C)C)c(F)c[n+]1C. The normalized spacial score (nSPS) is 11.7. The lowest BCUT2D eigenvalue weighted by Gasteiger charge is -2.19. The minimum Gasteiger partial charge on any atom is -0.454 e. The number of nitrogens with zero attached hydrogens (tertiary/aromatic N) is 2. The number of fused-ring (bicyclic) bond motifs is 3. The van der Waals surface area contributed by atoms with Crippen molar-refractivity contribution in [1.29, 1.82) is 5.26 Å². The van der Waals surface area contributed by atoms with Gasteiger partial charge in [0.15, 0.2) is 11.4 Å². The van der Waals surface area contributed by atoms with Gasteiger partial charge in [0.1, 0.15) is 24.3 Å². The van der Waals surface area contributed by atoms with Gasteiger partial charge in [-0.1, -0.05) is 93.6 Å². The highest BCUT2D eigenvalue weighted by Crippen LogP contribution is 2.41. The Labute approximate surface area is 233 Å². The predicted molar refractivity (Wildman–Crippen MR) is 159 cm³/mol. The maximum absolute atomic E-state index is 15.0. The van der Waals surface area contributed by atoms with Crippen LogP contribution in [-0.4, -0.2) is 0 Å². The van der Waals surface area contributed by atoms with Crippen LogP contribution in [0.5, 0.6) is 0 Å². The topological polar surface area (TPSA) is 40.8 Å². The summed E-state index contributed by atoms with van der Waals surface area (Å²) in [5.74, 6) is -0.233. The van der Waals surface area contributed by atoms with E-state index in [-0.39, 0.29) is 11.2 Å². The number of rotatable bonds is 3. The molecule has 2 aromatic heterocycles. The summed E-state index contributed by atoms with van der Waals surface area (Å²) in [6, 6.07) is 31.0. The van der Waals surface area contributed by atoms with Crippen molar-refractivity contribution in [2.45, 2.75) is 33.1 Å². The molecule has 3 nitrogen and oxygen atoms in total. The first kappa shape index (κ1) is 25.5. The van der Waals surface area contributed by atoms with Gasteiger partial charge in [0.2, 0.25) is 11.9 Å². The standard InChI is InChI=1S/C36H30FN2O/c1-22-11-16-28-27-18-17-26(25-14-12-24(13-15-25)23-9-7-6-8-10-23)29(20-38)34(27)40-35(28)33(22)32-19-30(36(2,3)4)31(37)21-39(32)5/h6-19,21H,1-5H3/q+1. The van der Waals surface area contributed by atoms with Crippen molar-refractivity contribution >= 4 is 21.9 Å². The smallest absolute Gasteiger partial charge is 0.216 e. The number of halogens is 1. The largest absolute Gasteiger partial charge is 0.454 e. The van der Waals surface area contributed by atoms with Crippen molar-refractivity contribution in [2.75, 3.05) is 0 Å². The molecule has 0 saturated heterocycles. The first-order valence-electron chi connectivity index (χ1n) is 13.4. The lowest BCUT2D eigenvalue weighted by molar-refractivity contribution is -0.662. The molecule has 0 bridgehead atoms. The molecule has 196 valence electrons. The minimum absolute atomic E-state index is 0.233. The molecule has 0 aliphatic rings. The maximum Gasteiger partial charge on any atom is 0.216 e. The quantitative estimate of drug-likeness (QED) is 0.216. The molecule has 6 aromatic rings. The first-order chi connectivity index (χ1) is 19.2. The van der Waals surface area contributed by atoms with Gasteiger partial charge in [0.05, 0.1) is 5.56 Å². The van der Waals surface area contributed by atoms with Gasteiger partial charge in [-0.15, -0.1) is 0 Å². The Morgan fingerprint density at radius 2 is 1.43 bits per heavy atom. The van der Waals surface area contributed by atoms with Crippen LogP contribution in [0.3, 0.4) is 0 Å². The molecule has 0 aliphatic heterocycles. The third-order valence-corrected chi connectivity index (χ3v) is 7.72. The number of aryl methyl sites for hydroxylation is 2. The van der Waals surface area contributed by atoms with Gasteiger partial charge in [-0.2, -0.15) is 9.83 Å². The highest BCUT2D eigenvalue weighted by atomic mass is 19.1. The number of pyridine rings is 1. The molecule has 0 radical (unpaired) electrons. The van der Waals surface area contributed by atoms with Gasteiger partial charge < -0.3 is 4.42 Å². The molecular weight excluding hydrogens is 495 g/mol. The van der Waals surface area contributed by atoms with E-state index in [0.717, 1.165) is 49.8 Å². The summed E-state index contributed by atoms with van der Waals surface area (Å²) in [6.07, 6.45) is 1.54. The average molecular weight is 526 g/mol. The van der Waals surface area contributed by atoms with Gasteiger partial charge in [-0.25, -0.2) is 4.39 Å². The van der Waals surface area contributed by atoms with E-state index in [2.05, 4.69) is 48.5 Å². The summed E-state index contributed by atoms with van der Waals surface area (Å²) in [4.78, 5) is 0. The van der Waals surface area contributed by atoms with Gasteiger partial charge in [-0.05, 0) is 40.7 Å². The molecule has 0 aliphatic carbocycles. The average Bonchev–Trinajstić information content (AvgIpc) is 3.31. The van der Waals surface area contributed by atoms with E-state index >= 15 is 0 Å². The Hall–Kier alpha value is -4.75. The second-order valence-corrected chi connectivity index (χ2v) is 11.4. The molecule has 0 saturated carbocycles. The second kappa shape index (κ2) is 9.47. The van der Waals surface area contributed by atoms with Crippen molar-refractivity contribution in [1.82, 2.24) is 0 Å². The van der Waals surface area contributed by atoms with Crippen LogP contribution in [0.2, 0.25) is 0 Å². The van der Waals surface area contributed by atoms with E-state index in [0.29, 0.717) is 22.3 Å². The lowest BCUT2D eigenvalue weighted by Crippen LogP contribution is -2.33. The van der Waals surface area contributed by atoms with Crippen molar-refractivity contribution < 1.29 is 13.4 Å². The zero-order valence-electron chi connectivity index (χ0n) is 23.3. The predicted octanol–water partition coefficient (Wildman–Crippen LogP) is 9.03. The third-order valence-electron chi connectivity index (χ3n) is 7.72. The molecule has 4 heteroatoms. The minimum atomic E-state index is -0.359. The van der Waals surface area contributed by atoms with E-state index in [9.17, 15) is 9.65 Å². The summed E-state index contributed by atoms with van der Waals surface area (Å²) in [5, 5.41) is 12.1. The fourth-order valence-corrected chi connectivity index (χ4v) is 5.58. The first-order valence-corrected chi connectivity index (χ1v) is 13.4. The van der Waals surface area contributed by atoms with Crippen LogP contribution in [0.15, 0.2) is 95.5 Å². The molecule has 40 heavy (non-hydrogen) atoms. The Morgan fingerprint density at radius 1 is 0.800 bits per heavy atom. The van der Waals surface area contributed by atoms with E-state index in [1.807, 2.05) is 81.8 Å². The van der Waals surface area contributed by atoms with Crippen LogP contribution in [0.1, 0.15) is 37.5 Å². The molecule has 0 atom stereocenters. The van der Waals surface area contributed by atoms with Crippen molar-refractivity contribution in [3.8, 4) is 39.6 Å². The number of hydrogen-bond donors (Lipinski definition) is 0. The third kappa shape index (κ3) is 4.15. The Bertz CT molecular complexity index is 1950. The number of hydrogen-bond acceptors (Lipinski definition) is 2. The second-order valence-electron chi connectivity index (χ2n) is 11.4. The van der Waals surface area contributed by atoms with Crippen LogP contribution >= 0.6 is 0 Å². The fraction of sp³-hybridized carbons (Fsp3) is 0.167. The summed E-state index contributed by atoms with van der Waals surface area (Å²) < 4.78 is 23.4. The molecule has 0 unspecified atom stereocenters. The van der Waals surface area contributed by atoms with Crippen LogP contribution in [0.25, 0.3) is 55.4 Å². The molecular formula is C36H30FN2O+. The molecule has 6 rings (SSSR count). The van der Waals surface area contributed by atoms with E-state index in [1.165, 1.54) is 6.20 Å². The summed E-state index contributed by atoms with van der Waals surface area (Å²) in [6.45, 7) is 8.07. The van der Waals surface area contributed by atoms with Crippen molar-refractivity contribution in [2.24, 2.45) is 7.05 Å². The number of furan rings is 1. The van der Waals surface area contributed by atoms with Crippen LogP contribution in [0.4, 0.5) is 4.39 Å². The molecule has 2 heterocycles. The van der Waals surface area contributed by atoms with Gasteiger partial charge in [0.25, 0.3) is 0 Å². The van der Waals surface area contributed by atoms with Crippen LogP contribution in [-0.2, 0) is 12.5 Å². The molecule has 0 spiro atoms. The number of benzene rings is 4. The van der Waals surface area contributed by atoms with Crippen LogP contribution in [0, 0.1) is 24.1 Å². The van der Waals surface area contributed by atoms with Gasteiger partial charge in [-0.3, -0.25) is 0 Å². The van der Waals surface area contributed by atoms with E-state index in [4.69, 9.17) is 4.42 Å². The summed E-state index contributed by atoms with van der Waals surface area (Å²) in [5.41, 5.74) is 8.89. The number of nitriles is 1. The van der Waals surface area contributed by atoms with Gasteiger partial charge >= 0.3 is 0 Å². The highest BCUT2D eigenvalue weighted by molar-refractivity contribution is 6.12. The fourth-order valence-electron chi connectivity index (χ4n) is 5.58. The summed E-state index contributed by atoms with van der Waals surface area (Å²) in [7, 11) is 1.85. The van der Waals surface area contributed by atoms with E-state index < -0.39 is 0 Å². The highest BCUT2D eigenvalue weighted by Gasteiger charge is 2.28. The Morgan fingerprint density at radius 3 is 2.10 bits per heavy atom. The lowest BCUT2D eigenvalue weighted by atomic mass is 9.86. The number of aromatic nitrogens is 1. The molecule has 4 aromatic carbocycles. The molecule has 0 amide bonds. The Balaban J connectivity index is 1.55. The van der Waals surface area contributed by atoms with E-state index in [1.54, 1.807) is 0 Å². The molecule has 0 fully saturated rings. The van der Waals surface area contributed by atoms with Gasteiger partial charge in [0, 0.05) is 28.0 Å². The van der Waals surface area contributed by atoms with Crippen LogP contribution < -0.4 is 4.57 Å².